The Morgan fingerprint density at radius 1 is 1.00 bits per heavy atom. The number of halogens is 1. The summed E-state index contributed by atoms with van der Waals surface area (Å²) in [5.74, 6) is 1.08. The first-order chi connectivity index (χ1) is 11.6. The minimum absolute atomic E-state index is 0. The van der Waals surface area contributed by atoms with Gasteiger partial charge in [0, 0.05) is 38.6 Å². The van der Waals surface area contributed by atoms with Gasteiger partial charge in [0.2, 0.25) is 5.91 Å². The van der Waals surface area contributed by atoms with E-state index in [0.29, 0.717) is 31.5 Å². The SMILES string of the molecule is CC1CCCN(C(=O)C2CCN(C(=O)[C@@H]3CC[C@H](CN)O3)CC2)C1.Cl. The van der Waals surface area contributed by atoms with Gasteiger partial charge < -0.3 is 20.3 Å². The van der Waals surface area contributed by atoms with E-state index in [1.54, 1.807) is 0 Å². The Hall–Kier alpha value is -0.850. The van der Waals surface area contributed by atoms with E-state index in [2.05, 4.69) is 6.92 Å². The van der Waals surface area contributed by atoms with Gasteiger partial charge in [0.1, 0.15) is 6.10 Å². The molecule has 0 radical (unpaired) electrons. The average molecular weight is 374 g/mol. The molecule has 3 fully saturated rings. The van der Waals surface area contributed by atoms with Gasteiger partial charge in [0.15, 0.2) is 0 Å². The average Bonchev–Trinajstić information content (AvgIpc) is 3.10. The lowest BCUT2D eigenvalue weighted by Crippen LogP contribution is -2.48. The number of ether oxygens (including phenoxy) is 1. The largest absolute Gasteiger partial charge is 0.364 e. The Bertz CT molecular complexity index is 468. The van der Waals surface area contributed by atoms with Crippen molar-refractivity contribution in [3.8, 4) is 0 Å². The summed E-state index contributed by atoms with van der Waals surface area (Å²) in [5, 5.41) is 0. The molecule has 3 rings (SSSR count). The zero-order valence-corrected chi connectivity index (χ0v) is 16.0. The highest BCUT2D eigenvalue weighted by Crippen LogP contribution is 2.26. The Labute approximate surface area is 156 Å². The molecule has 0 aromatic rings. The number of hydrogen-bond donors (Lipinski definition) is 1. The molecule has 144 valence electrons. The first-order valence-corrected chi connectivity index (χ1v) is 9.51. The van der Waals surface area contributed by atoms with Gasteiger partial charge in [0.05, 0.1) is 6.10 Å². The van der Waals surface area contributed by atoms with E-state index in [9.17, 15) is 9.59 Å². The zero-order valence-electron chi connectivity index (χ0n) is 15.2. The van der Waals surface area contributed by atoms with E-state index >= 15 is 0 Å². The molecule has 1 unspecified atom stereocenters. The maximum Gasteiger partial charge on any atom is 0.251 e. The number of amides is 2. The summed E-state index contributed by atoms with van der Waals surface area (Å²) in [4.78, 5) is 29.2. The number of carbonyl (C=O) groups excluding carboxylic acids is 2. The molecule has 0 aromatic carbocycles. The molecule has 0 spiro atoms. The van der Waals surface area contributed by atoms with Gasteiger partial charge in [-0.25, -0.2) is 0 Å². The normalized spacial score (nSPS) is 30.9. The number of nitrogens with two attached hydrogens (primary N) is 1. The summed E-state index contributed by atoms with van der Waals surface area (Å²) >= 11 is 0. The van der Waals surface area contributed by atoms with Gasteiger partial charge in [-0.3, -0.25) is 9.59 Å². The van der Waals surface area contributed by atoms with Crippen molar-refractivity contribution in [3.63, 3.8) is 0 Å². The van der Waals surface area contributed by atoms with Crippen molar-refractivity contribution in [2.24, 2.45) is 17.6 Å². The Balaban J connectivity index is 0.00000225. The Morgan fingerprint density at radius 3 is 2.32 bits per heavy atom. The molecule has 0 aromatic heterocycles. The van der Waals surface area contributed by atoms with Crippen LogP contribution in [-0.2, 0) is 14.3 Å². The predicted molar refractivity (Wildman–Crippen MR) is 98.5 cm³/mol. The van der Waals surface area contributed by atoms with Crippen LogP contribution in [0.25, 0.3) is 0 Å². The van der Waals surface area contributed by atoms with Gasteiger partial charge in [-0.05, 0) is 44.4 Å². The van der Waals surface area contributed by atoms with Gasteiger partial charge >= 0.3 is 0 Å². The van der Waals surface area contributed by atoms with Crippen molar-refractivity contribution >= 4 is 24.2 Å². The highest BCUT2D eigenvalue weighted by molar-refractivity contribution is 5.85. The van der Waals surface area contributed by atoms with Crippen LogP contribution in [0.3, 0.4) is 0 Å². The van der Waals surface area contributed by atoms with Crippen LogP contribution in [0.15, 0.2) is 0 Å². The summed E-state index contributed by atoms with van der Waals surface area (Å²) < 4.78 is 5.72. The number of piperidine rings is 2. The maximum absolute atomic E-state index is 12.7. The maximum atomic E-state index is 12.7. The first-order valence-electron chi connectivity index (χ1n) is 9.51. The lowest BCUT2D eigenvalue weighted by Gasteiger charge is -2.37. The second kappa shape index (κ2) is 9.19. The summed E-state index contributed by atoms with van der Waals surface area (Å²) in [6.45, 7) is 5.84. The van der Waals surface area contributed by atoms with Crippen LogP contribution in [0, 0.1) is 11.8 Å². The lowest BCUT2D eigenvalue weighted by molar-refractivity contribution is -0.147. The molecule has 3 atom stereocenters. The summed E-state index contributed by atoms with van der Waals surface area (Å²) in [6.07, 6.45) is 5.24. The lowest BCUT2D eigenvalue weighted by atomic mass is 9.92. The number of hydrogen-bond acceptors (Lipinski definition) is 4. The summed E-state index contributed by atoms with van der Waals surface area (Å²) in [6, 6.07) is 0. The van der Waals surface area contributed by atoms with Crippen molar-refractivity contribution in [2.75, 3.05) is 32.7 Å². The first kappa shape index (κ1) is 20.5. The van der Waals surface area contributed by atoms with E-state index in [0.717, 1.165) is 45.2 Å². The van der Waals surface area contributed by atoms with Gasteiger partial charge in [-0.2, -0.15) is 0 Å². The fourth-order valence-electron chi connectivity index (χ4n) is 4.26. The Morgan fingerprint density at radius 2 is 1.72 bits per heavy atom. The van der Waals surface area contributed by atoms with Crippen molar-refractivity contribution in [3.05, 3.63) is 0 Å². The highest BCUT2D eigenvalue weighted by Gasteiger charge is 2.36. The molecule has 3 heterocycles. The molecular weight excluding hydrogens is 342 g/mol. The standard InChI is InChI=1S/C18H31N3O3.ClH/c1-13-3-2-8-21(12-13)17(22)14-6-9-20(10-7-14)18(23)16-5-4-15(11-19)24-16;/h13-16H,2-12,19H2,1H3;1H/t13?,15-,16+;/m1./s1. The van der Waals surface area contributed by atoms with Crippen LogP contribution in [0.5, 0.6) is 0 Å². The highest BCUT2D eigenvalue weighted by atomic mass is 35.5. The monoisotopic (exact) mass is 373 g/mol. The van der Waals surface area contributed by atoms with Crippen LogP contribution in [0.4, 0.5) is 0 Å². The third kappa shape index (κ3) is 4.86. The van der Waals surface area contributed by atoms with Crippen LogP contribution in [0.2, 0.25) is 0 Å². The molecule has 2 amide bonds. The summed E-state index contributed by atoms with van der Waals surface area (Å²) in [5.41, 5.74) is 5.61. The van der Waals surface area contributed by atoms with Crippen LogP contribution in [0.1, 0.15) is 45.4 Å². The second-order valence-electron chi connectivity index (χ2n) is 7.69. The van der Waals surface area contributed by atoms with E-state index < -0.39 is 0 Å². The molecule has 0 saturated carbocycles. The molecule has 0 aliphatic carbocycles. The molecule has 3 aliphatic heterocycles. The third-order valence-corrected chi connectivity index (χ3v) is 5.77. The Kier molecular flexibility index (Phi) is 7.52. The number of likely N-dealkylation sites (tertiary alicyclic amines) is 2. The van der Waals surface area contributed by atoms with E-state index in [1.807, 2.05) is 9.80 Å². The molecular formula is C18H32ClN3O3. The quantitative estimate of drug-likeness (QED) is 0.811. The molecule has 3 aliphatic rings. The van der Waals surface area contributed by atoms with E-state index in [4.69, 9.17) is 10.5 Å². The van der Waals surface area contributed by atoms with E-state index in [-0.39, 0.29) is 36.4 Å². The topological polar surface area (TPSA) is 75.9 Å². The molecule has 25 heavy (non-hydrogen) atoms. The molecule has 2 N–H and O–H groups in total. The minimum Gasteiger partial charge on any atom is -0.364 e. The van der Waals surface area contributed by atoms with Crippen molar-refractivity contribution in [1.82, 2.24) is 9.80 Å². The smallest absolute Gasteiger partial charge is 0.251 e. The summed E-state index contributed by atoms with van der Waals surface area (Å²) in [7, 11) is 0. The fraction of sp³-hybridized carbons (Fsp3) is 0.889. The van der Waals surface area contributed by atoms with Gasteiger partial charge in [0.25, 0.3) is 5.91 Å². The predicted octanol–water partition coefficient (Wildman–Crippen LogP) is 1.41. The van der Waals surface area contributed by atoms with Gasteiger partial charge in [-0.15, -0.1) is 12.4 Å². The van der Waals surface area contributed by atoms with E-state index in [1.165, 1.54) is 6.42 Å². The van der Waals surface area contributed by atoms with Crippen molar-refractivity contribution in [2.45, 2.75) is 57.7 Å². The van der Waals surface area contributed by atoms with Crippen LogP contribution in [-0.4, -0.2) is 66.5 Å². The van der Waals surface area contributed by atoms with Crippen molar-refractivity contribution < 1.29 is 14.3 Å². The molecule has 7 heteroatoms. The second-order valence-corrected chi connectivity index (χ2v) is 7.69. The van der Waals surface area contributed by atoms with Crippen LogP contribution < -0.4 is 5.73 Å². The zero-order chi connectivity index (χ0) is 17.1. The number of carbonyl (C=O) groups is 2. The number of nitrogens with zero attached hydrogens (tertiary/aromatic N) is 2. The molecule has 3 saturated heterocycles. The fourth-order valence-corrected chi connectivity index (χ4v) is 4.26. The van der Waals surface area contributed by atoms with Crippen molar-refractivity contribution in [1.29, 1.82) is 0 Å². The van der Waals surface area contributed by atoms with Crippen LogP contribution >= 0.6 is 12.4 Å². The third-order valence-electron chi connectivity index (χ3n) is 5.77. The molecule has 0 bridgehead atoms. The van der Waals surface area contributed by atoms with Gasteiger partial charge in [-0.1, -0.05) is 6.92 Å². The number of rotatable bonds is 3. The molecule has 6 nitrogen and oxygen atoms in total. The minimum atomic E-state index is -0.325.